The van der Waals surface area contributed by atoms with Gasteiger partial charge in [0, 0.05) is 86.1 Å². The number of hydrogen-bond donors (Lipinski definition) is 4. The Balaban J connectivity index is 1.18. The quantitative estimate of drug-likeness (QED) is 0.284. The maximum Gasteiger partial charge on any atom is 0.271 e. The standard InChI is InChI=1S/C31H44N10O3/c1-20-18-24(38-37-20)27-30(33-21-8-16-44-17-9-21)36-31(28(35-27)29(32)42)34-22-4-5-25(26(19-22)43-3)41-10-6-23(7-11-41)40-14-12-39(2)13-15-40/h4-5,18-19,21,23H,6-17H2,1-3H3,(H2,32,42)(H,37,38)(H2,33,34,36)/i2D3. The molecule has 2 aromatic heterocycles. The van der Waals surface area contributed by atoms with Gasteiger partial charge in [-0.25, -0.2) is 9.97 Å². The molecule has 0 atom stereocenters. The fourth-order valence-electron chi connectivity index (χ4n) is 6.26. The Labute approximate surface area is 262 Å². The number of amides is 1. The van der Waals surface area contributed by atoms with E-state index in [1.807, 2.05) is 31.2 Å². The number of piperidine rings is 1. The number of rotatable bonds is 9. The van der Waals surface area contributed by atoms with Gasteiger partial charge in [0.1, 0.15) is 17.1 Å². The zero-order valence-corrected chi connectivity index (χ0v) is 25.4. The normalized spacial score (nSPS) is 20.5. The van der Waals surface area contributed by atoms with E-state index in [9.17, 15) is 4.79 Å². The number of anilines is 4. The van der Waals surface area contributed by atoms with Crippen molar-refractivity contribution in [1.82, 2.24) is 30.0 Å². The highest BCUT2D eigenvalue weighted by atomic mass is 16.5. The van der Waals surface area contributed by atoms with Crippen LogP contribution in [0.15, 0.2) is 24.3 Å². The molecule has 1 amide bonds. The number of aromatic nitrogens is 4. The largest absolute Gasteiger partial charge is 0.495 e. The SMILES string of the molecule is [2H]C([2H])([2H])N1CCN(C2CCN(c3ccc(Nc4nc(NC5CCOCC5)c(-c5cc(C)[nH]n5)nc4C(N)=O)cc3OC)CC2)CC1. The molecule has 13 heteroatoms. The summed E-state index contributed by atoms with van der Waals surface area (Å²) in [5.41, 5.74) is 9.33. The third-order valence-corrected chi connectivity index (χ3v) is 8.72. The number of carbonyl (C=O) groups is 1. The summed E-state index contributed by atoms with van der Waals surface area (Å²) in [5.74, 6) is 0.717. The second-order valence-corrected chi connectivity index (χ2v) is 11.7. The lowest BCUT2D eigenvalue weighted by atomic mass is 10.0. The highest BCUT2D eigenvalue weighted by Crippen LogP contribution is 2.36. The van der Waals surface area contributed by atoms with Crippen molar-refractivity contribution < 1.29 is 18.4 Å². The Bertz CT molecular complexity index is 1550. The van der Waals surface area contributed by atoms with Gasteiger partial charge >= 0.3 is 0 Å². The van der Waals surface area contributed by atoms with Crippen LogP contribution >= 0.6 is 0 Å². The molecule has 5 N–H and O–H groups in total. The topological polar surface area (TPSA) is 150 Å². The molecule has 236 valence electrons. The minimum atomic E-state index is -2.02. The van der Waals surface area contributed by atoms with Crippen molar-refractivity contribution in [2.24, 2.45) is 5.73 Å². The Morgan fingerprint density at radius 2 is 1.84 bits per heavy atom. The first-order valence-electron chi connectivity index (χ1n) is 16.9. The van der Waals surface area contributed by atoms with Crippen LogP contribution in [0.25, 0.3) is 11.4 Å². The van der Waals surface area contributed by atoms with E-state index >= 15 is 0 Å². The molecule has 44 heavy (non-hydrogen) atoms. The molecule has 6 rings (SSSR count). The molecule has 0 saturated carbocycles. The van der Waals surface area contributed by atoms with Gasteiger partial charge in [0.15, 0.2) is 17.3 Å². The van der Waals surface area contributed by atoms with Crippen molar-refractivity contribution in [3.05, 3.63) is 35.7 Å². The average Bonchev–Trinajstić information content (AvgIpc) is 3.50. The Hall–Kier alpha value is -3.94. The average molecular weight is 608 g/mol. The lowest BCUT2D eigenvalue weighted by molar-refractivity contribution is 0.0904. The molecular formula is C31H44N10O3. The number of benzene rings is 1. The third-order valence-electron chi connectivity index (χ3n) is 8.72. The van der Waals surface area contributed by atoms with Gasteiger partial charge in [-0.3, -0.25) is 14.8 Å². The Morgan fingerprint density at radius 3 is 2.50 bits per heavy atom. The van der Waals surface area contributed by atoms with Crippen LogP contribution in [-0.2, 0) is 4.74 Å². The molecule has 3 fully saturated rings. The Morgan fingerprint density at radius 1 is 1.07 bits per heavy atom. The number of aryl methyl sites for hydroxylation is 1. The van der Waals surface area contributed by atoms with Crippen LogP contribution in [0.2, 0.25) is 0 Å². The zero-order chi connectivity index (χ0) is 33.1. The fourth-order valence-corrected chi connectivity index (χ4v) is 6.26. The van der Waals surface area contributed by atoms with Gasteiger partial charge in [0.05, 0.1) is 12.8 Å². The molecule has 0 bridgehead atoms. The van der Waals surface area contributed by atoms with Crippen LogP contribution in [0.5, 0.6) is 5.75 Å². The van der Waals surface area contributed by atoms with Gasteiger partial charge in [-0.05, 0) is 57.8 Å². The number of ether oxygens (including phenoxy) is 2. The van der Waals surface area contributed by atoms with Crippen molar-refractivity contribution >= 4 is 28.9 Å². The van der Waals surface area contributed by atoms with Gasteiger partial charge in [-0.15, -0.1) is 0 Å². The van der Waals surface area contributed by atoms with E-state index in [0.717, 1.165) is 63.2 Å². The maximum absolute atomic E-state index is 12.6. The molecule has 0 unspecified atom stereocenters. The van der Waals surface area contributed by atoms with Crippen LogP contribution in [-0.4, -0.2) is 115 Å². The number of H-pyrrole nitrogens is 1. The van der Waals surface area contributed by atoms with E-state index in [1.54, 1.807) is 12.0 Å². The van der Waals surface area contributed by atoms with E-state index in [1.165, 1.54) is 0 Å². The van der Waals surface area contributed by atoms with Crippen LogP contribution in [0.3, 0.4) is 0 Å². The number of nitrogens with one attached hydrogen (secondary N) is 3. The molecule has 3 aliphatic rings. The lowest BCUT2D eigenvalue weighted by Crippen LogP contribution is -2.52. The number of nitrogens with zero attached hydrogens (tertiary/aromatic N) is 6. The van der Waals surface area contributed by atoms with Crippen molar-refractivity contribution in [3.8, 4) is 17.1 Å². The predicted molar refractivity (Wildman–Crippen MR) is 171 cm³/mol. The van der Waals surface area contributed by atoms with Crippen LogP contribution in [0.1, 0.15) is 46.0 Å². The first-order valence-corrected chi connectivity index (χ1v) is 15.4. The smallest absolute Gasteiger partial charge is 0.271 e. The predicted octanol–water partition coefficient (Wildman–Crippen LogP) is 2.83. The summed E-state index contributed by atoms with van der Waals surface area (Å²) in [7, 11) is 1.64. The van der Waals surface area contributed by atoms with Gasteiger partial charge < -0.3 is 35.6 Å². The number of likely N-dealkylation sites (N-methyl/N-ethyl adjacent to an activating group) is 1. The summed E-state index contributed by atoms with van der Waals surface area (Å²) in [4.78, 5) is 28.5. The molecule has 3 aromatic rings. The van der Waals surface area contributed by atoms with Crippen LogP contribution < -0.4 is 26.0 Å². The number of piperazine rings is 1. The zero-order valence-electron chi connectivity index (χ0n) is 28.4. The summed E-state index contributed by atoms with van der Waals surface area (Å²) < 4.78 is 34.4. The number of hydrogen-bond acceptors (Lipinski definition) is 11. The number of primary amides is 1. The van der Waals surface area contributed by atoms with E-state index in [-0.39, 0.29) is 17.6 Å². The number of aromatic amines is 1. The monoisotopic (exact) mass is 607 g/mol. The first-order chi connectivity index (χ1) is 22.6. The number of methoxy groups -OCH3 is 1. The molecule has 0 aliphatic carbocycles. The summed E-state index contributed by atoms with van der Waals surface area (Å²) in [5, 5.41) is 14.1. The van der Waals surface area contributed by atoms with Crippen molar-refractivity contribution in [1.29, 1.82) is 0 Å². The Kier molecular flexibility index (Phi) is 8.04. The van der Waals surface area contributed by atoms with E-state index in [2.05, 4.69) is 35.6 Å². The highest BCUT2D eigenvalue weighted by Gasteiger charge is 2.28. The molecule has 13 nitrogen and oxygen atoms in total. The summed E-state index contributed by atoms with van der Waals surface area (Å²) in [6.45, 7) is 5.59. The molecule has 3 aliphatic heterocycles. The fraction of sp³-hybridized carbons (Fsp3) is 0.548. The lowest BCUT2D eigenvalue weighted by Gasteiger charge is -2.42. The van der Waals surface area contributed by atoms with Crippen molar-refractivity contribution in [2.75, 3.05) is 82.1 Å². The van der Waals surface area contributed by atoms with E-state index in [4.69, 9.17) is 24.3 Å². The minimum Gasteiger partial charge on any atom is -0.495 e. The molecular weight excluding hydrogens is 560 g/mol. The second kappa shape index (κ2) is 13.4. The second-order valence-electron chi connectivity index (χ2n) is 11.7. The molecule has 3 saturated heterocycles. The van der Waals surface area contributed by atoms with Crippen molar-refractivity contribution in [3.63, 3.8) is 0 Å². The van der Waals surface area contributed by atoms with Gasteiger partial charge in [0.25, 0.3) is 5.91 Å². The van der Waals surface area contributed by atoms with Crippen LogP contribution in [0, 0.1) is 6.92 Å². The van der Waals surface area contributed by atoms with E-state index < -0.39 is 12.9 Å². The molecule has 5 heterocycles. The van der Waals surface area contributed by atoms with Crippen LogP contribution in [0.4, 0.5) is 23.0 Å². The number of nitrogens with two attached hydrogens (primary N) is 1. The minimum absolute atomic E-state index is 0.00277. The number of carbonyl (C=O) groups excluding carboxylic acids is 1. The molecule has 0 spiro atoms. The summed E-state index contributed by atoms with van der Waals surface area (Å²) >= 11 is 0. The van der Waals surface area contributed by atoms with Crippen molar-refractivity contribution in [2.45, 2.75) is 44.7 Å². The third kappa shape index (κ3) is 6.74. The summed E-state index contributed by atoms with van der Waals surface area (Å²) in [6, 6.07) is 8.24. The van der Waals surface area contributed by atoms with Gasteiger partial charge in [-0.1, -0.05) is 0 Å². The first kappa shape index (κ1) is 26.5. The molecule has 0 radical (unpaired) electrons. The van der Waals surface area contributed by atoms with Gasteiger partial charge in [0.2, 0.25) is 0 Å². The van der Waals surface area contributed by atoms with Gasteiger partial charge in [-0.2, -0.15) is 5.10 Å². The van der Waals surface area contributed by atoms with E-state index in [0.29, 0.717) is 61.0 Å². The summed E-state index contributed by atoms with van der Waals surface area (Å²) in [6.07, 6.45) is 3.61. The molecule has 1 aromatic carbocycles. The highest BCUT2D eigenvalue weighted by molar-refractivity contribution is 5.97. The maximum atomic E-state index is 12.6.